The van der Waals surface area contributed by atoms with Crippen molar-refractivity contribution in [2.24, 2.45) is 0 Å². The van der Waals surface area contributed by atoms with Crippen LogP contribution >= 0.6 is 0 Å². The number of carbonyl (C=O) groups is 1. The number of amides is 1. The van der Waals surface area contributed by atoms with E-state index in [0.717, 1.165) is 11.3 Å². The molecule has 0 radical (unpaired) electrons. The van der Waals surface area contributed by atoms with Crippen molar-refractivity contribution in [3.05, 3.63) is 83.4 Å². The molecule has 7 heteroatoms. The fraction of sp³-hybridized carbons (Fsp3) is 0.190. The highest BCUT2D eigenvalue weighted by Gasteiger charge is 2.09. The third-order valence-corrected chi connectivity index (χ3v) is 4.12. The number of rotatable bonds is 8. The largest absolute Gasteiger partial charge is 0.497 e. The van der Waals surface area contributed by atoms with Gasteiger partial charge in [-0.3, -0.25) is 4.79 Å². The SMILES string of the molecule is COc1cccc(CCNC(=O)c2ccnc(NCc3ccccc3F)n2)c1. The van der Waals surface area contributed by atoms with E-state index in [9.17, 15) is 9.18 Å². The Labute approximate surface area is 162 Å². The highest BCUT2D eigenvalue weighted by atomic mass is 19.1. The Morgan fingerprint density at radius 2 is 2.00 bits per heavy atom. The Hall–Kier alpha value is -3.48. The zero-order valence-corrected chi connectivity index (χ0v) is 15.5. The van der Waals surface area contributed by atoms with Gasteiger partial charge in [-0.15, -0.1) is 0 Å². The summed E-state index contributed by atoms with van der Waals surface area (Å²) in [5.74, 6) is 0.453. The van der Waals surface area contributed by atoms with Gasteiger partial charge in [0, 0.05) is 24.8 Å². The van der Waals surface area contributed by atoms with Crippen molar-refractivity contribution in [2.75, 3.05) is 19.0 Å². The molecule has 0 saturated carbocycles. The van der Waals surface area contributed by atoms with E-state index in [2.05, 4.69) is 20.6 Å². The van der Waals surface area contributed by atoms with Crippen LogP contribution in [0.2, 0.25) is 0 Å². The molecule has 2 N–H and O–H groups in total. The van der Waals surface area contributed by atoms with Crippen molar-refractivity contribution in [3.8, 4) is 5.75 Å². The highest BCUT2D eigenvalue weighted by Crippen LogP contribution is 2.13. The molecule has 6 nitrogen and oxygen atoms in total. The maximum Gasteiger partial charge on any atom is 0.270 e. The summed E-state index contributed by atoms with van der Waals surface area (Å²) in [6.07, 6.45) is 2.17. The number of hydrogen-bond acceptors (Lipinski definition) is 5. The lowest BCUT2D eigenvalue weighted by Gasteiger charge is -2.08. The van der Waals surface area contributed by atoms with Crippen molar-refractivity contribution in [1.82, 2.24) is 15.3 Å². The predicted molar refractivity (Wildman–Crippen MR) is 105 cm³/mol. The number of anilines is 1. The van der Waals surface area contributed by atoms with Gasteiger partial charge in [0.05, 0.1) is 7.11 Å². The summed E-state index contributed by atoms with van der Waals surface area (Å²) in [4.78, 5) is 20.6. The Bertz CT molecular complexity index is 949. The minimum Gasteiger partial charge on any atom is -0.497 e. The number of methoxy groups -OCH3 is 1. The Morgan fingerprint density at radius 1 is 1.14 bits per heavy atom. The second-order valence-corrected chi connectivity index (χ2v) is 6.07. The Balaban J connectivity index is 1.54. The van der Waals surface area contributed by atoms with Crippen molar-refractivity contribution in [2.45, 2.75) is 13.0 Å². The van der Waals surface area contributed by atoms with Gasteiger partial charge >= 0.3 is 0 Å². The van der Waals surface area contributed by atoms with Crippen LogP contribution in [0.4, 0.5) is 10.3 Å². The maximum absolute atomic E-state index is 13.7. The van der Waals surface area contributed by atoms with E-state index in [4.69, 9.17) is 4.74 Å². The lowest BCUT2D eigenvalue weighted by molar-refractivity contribution is 0.0949. The maximum atomic E-state index is 13.7. The Morgan fingerprint density at radius 3 is 2.82 bits per heavy atom. The highest BCUT2D eigenvalue weighted by molar-refractivity contribution is 5.92. The molecule has 0 saturated heterocycles. The van der Waals surface area contributed by atoms with Crippen molar-refractivity contribution in [1.29, 1.82) is 0 Å². The van der Waals surface area contributed by atoms with Gasteiger partial charge in [0.25, 0.3) is 5.91 Å². The van der Waals surface area contributed by atoms with Gasteiger partial charge in [0.2, 0.25) is 5.95 Å². The van der Waals surface area contributed by atoms with Crippen LogP contribution in [0, 0.1) is 5.82 Å². The number of nitrogens with zero attached hydrogens (tertiary/aromatic N) is 2. The summed E-state index contributed by atoms with van der Waals surface area (Å²) in [6.45, 7) is 0.696. The van der Waals surface area contributed by atoms with Crippen LogP contribution in [0.25, 0.3) is 0 Å². The van der Waals surface area contributed by atoms with Crippen LogP contribution in [0.15, 0.2) is 60.8 Å². The van der Waals surface area contributed by atoms with Crippen molar-refractivity contribution < 1.29 is 13.9 Å². The molecule has 0 atom stereocenters. The number of hydrogen-bond donors (Lipinski definition) is 2. The summed E-state index contributed by atoms with van der Waals surface area (Å²) < 4.78 is 18.9. The van der Waals surface area contributed by atoms with E-state index >= 15 is 0 Å². The normalized spacial score (nSPS) is 10.4. The monoisotopic (exact) mass is 380 g/mol. The molecule has 0 spiro atoms. The van der Waals surface area contributed by atoms with Gasteiger partial charge in [0.1, 0.15) is 17.3 Å². The second-order valence-electron chi connectivity index (χ2n) is 6.07. The minimum absolute atomic E-state index is 0.230. The fourth-order valence-corrected chi connectivity index (χ4v) is 2.63. The van der Waals surface area contributed by atoms with Gasteiger partial charge in [0.15, 0.2) is 0 Å². The van der Waals surface area contributed by atoms with Gasteiger partial charge < -0.3 is 15.4 Å². The second kappa shape index (κ2) is 9.45. The third-order valence-electron chi connectivity index (χ3n) is 4.12. The summed E-state index contributed by atoms with van der Waals surface area (Å²) >= 11 is 0. The molecule has 2 aromatic carbocycles. The smallest absolute Gasteiger partial charge is 0.270 e. The standard InChI is InChI=1S/C21H21FN4O2/c1-28-17-7-4-5-15(13-17)9-11-23-20(27)19-10-12-24-21(26-19)25-14-16-6-2-3-8-18(16)22/h2-8,10,12-13H,9,11,14H2,1H3,(H,23,27)(H,24,25,26). The lowest BCUT2D eigenvalue weighted by atomic mass is 10.1. The molecule has 28 heavy (non-hydrogen) atoms. The van der Waals surface area contributed by atoms with E-state index < -0.39 is 0 Å². The van der Waals surface area contributed by atoms with Crippen LogP contribution in [0.1, 0.15) is 21.6 Å². The molecule has 3 aromatic rings. The molecule has 3 rings (SSSR count). The van der Waals surface area contributed by atoms with Gasteiger partial charge in [-0.1, -0.05) is 30.3 Å². The summed E-state index contributed by atoms with van der Waals surface area (Å²) in [7, 11) is 1.62. The number of benzene rings is 2. The zero-order chi connectivity index (χ0) is 19.8. The van der Waals surface area contributed by atoms with Gasteiger partial charge in [-0.2, -0.15) is 0 Å². The van der Waals surface area contributed by atoms with Crippen molar-refractivity contribution >= 4 is 11.9 Å². The van der Waals surface area contributed by atoms with Crippen molar-refractivity contribution in [3.63, 3.8) is 0 Å². The van der Waals surface area contributed by atoms with E-state index in [0.29, 0.717) is 18.5 Å². The summed E-state index contributed by atoms with van der Waals surface area (Å²) in [5.41, 5.74) is 1.81. The van der Waals surface area contributed by atoms with Crippen LogP contribution in [0.5, 0.6) is 5.75 Å². The molecular formula is C21H21FN4O2. The quantitative estimate of drug-likeness (QED) is 0.628. The molecule has 1 aromatic heterocycles. The first-order valence-corrected chi connectivity index (χ1v) is 8.87. The van der Waals surface area contributed by atoms with Crippen LogP contribution in [-0.2, 0) is 13.0 Å². The molecule has 1 amide bonds. The molecule has 0 aliphatic rings. The topological polar surface area (TPSA) is 76.1 Å². The van der Waals surface area contributed by atoms with E-state index in [1.807, 2.05) is 24.3 Å². The van der Waals surface area contributed by atoms with E-state index in [-0.39, 0.29) is 29.9 Å². The summed E-state index contributed by atoms with van der Waals surface area (Å²) in [5, 5.41) is 5.77. The van der Waals surface area contributed by atoms with Crippen LogP contribution in [-0.4, -0.2) is 29.5 Å². The van der Waals surface area contributed by atoms with Crippen LogP contribution < -0.4 is 15.4 Å². The first-order chi connectivity index (χ1) is 13.7. The number of halogens is 1. The molecule has 0 bridgehead atoms. The molecule has 0 fully saturated rings. The first kappa shape index (κ1) is 19.3. The first-order valence-electron chi connectivity index (χ1n) is 8.87. The average Bonchev–Trinajstić information content (AvgIpc) is 2.73. The van der Waals surface area contributed by atoms with E-state index in [1.54, 1.807) is 25.3 Å². The predicted octanol–water partition coefficient (Wildman–Crippen LogP) is 3.21. The van der Waals surface area contributed by atoms with E-state index in [1.165, 1.54) is 18.3 Å². The number of ether oxygens (including phenoxy) is 1. The summed E-state index contributed by atoms with van der Waals surface area (Å²) in [6, 6.07) is 15.7. The molecule has 144 valence electrons. The fourth-order valence-electron chi connectivity index (χ4n) is 2.63. The minimum atomic E-state index is -0.304. The molecular weight excluding hydrogens is 359 g/mol. The van der Waals surface area contributed by atoms with Gasteiger partial charge in [-0.05, 0) is 36.2 Å². The number of nitrogens with one attached hydrogen (secondary N) is 2. The number of aromatic nitrogens is 2. The molecule has 0 aliphatic carbocycles. The lowest BCUT2D eigenvalue weighted by Crippen LogP contribution is -2.26. The zero-order valence-electron chi connectivity index (χ0n) is 15.5. The molecule has 0 unspecified atom stereocenters. The Kier molecular flexibility index (Phi) is 6.51. The van der Waals surface area contributed by atoms with Gasteiger partial charge in [-0.25, -0.2) is 14.4 Å². The molecule has 1 heterocycles. The molecule has 0 aliphatic heterocycles. The van der Waals surface area contributed by atoms with Crippen LogP contribution in [0.3, 0.4) is 0 Å². The number of carbonyl (C=O) groups excluding carboxylic acids is 1. The third kappa shape index (κ3) is 5.26. The average molecular weight is 380 g/mol.